The molecule has 0 bridgehead atoms. The number of hydrogen-bond donors (Lipinski definition) is 1. The van der Waals surface area contributed by atoms with Crippen molar-refractivity contribution in [2.45, 2.75) is 26.8 Å². The molecule has 106 valence electrons. The molecule has 0 aliphatic heterocycles. The molecule has 2 rings (SSSR count). The molecule has 0 saturated carbocycles. The van der Waals surface area contributed by atoms with Crippen LogP contribution in [0.15, 0.2) is 24.3 Å². The average molecular weight is 273 g/mol. The molecule has 0 aliphatic rings. The van der Waals surface area contributed by atoms with E-state index < -0.39 is 0 Å². The Balaban J connectivity index is 2.57. The third-order valence-corrected chi connectivity index (χ3v) is 3.03. The summed E-state index contributed by atoms with van der Waals surface area (Å²) in [5.74, 6) is 1.11. The van der Waals surface area contributed by atoms with Crippen LogP contribution >= 0.6 is 0 Å². The summed E-state index contributed by atoms with van der Waals surface area (Å²) in [5, 5.41) is 4.46. The highest BCUT2D eigenvalue weighted by Gasteiger charge is 2.18. The van der Waals surface area contributed by atoms with E-state index in [2.05, 4.69) is 5.10 Å². The number of benzene rings is 1. The number of hydrogen-bond acceptors (Lipinski definition) is 4. The number of anilines is 1. The minimum absolute atomic E-state index is 0.406. The Morgan fingerprint density at radius 1 is 1.35 bits per heavy atom. The number of aldehydes is 1. The molecule has 20 heavy (non-hydrogen) atoms. The van der Waals surface area contributed by atoms with Crippen LogP contribution in [-0.4, -0.2) is 22.7 Å². The van der Waals surface area contributed by atoms with Crippen molar-refractivity contribution >= 4 is 12.1 Å². The monoisotopic (exact) mass is 273 g/mol. The van der Waals surface area contributed by atoms with Crippen molar-refractivity contribution in [1.29, 1.82) is 0 Å². The summed E-state index contributed by atoms with van der Waals surface area (Å²) in [7, 11) is 0. The Labute approximate surface area is 118 Å². The summed E-state index contributed by atoms with van der Waals surface area (Å²) in [6.07, 6.45) is 1.66. The van der Waals surface area contributed by atoms with Crippen molar-refractivity contribution in [3.05, 3.63) is 29.8 Å². The molecule has 0 aliphatic carbocycles. The number of rotatable bonds is 6. The first-order chi connectivity index (χ1) is 9.72. The maximum atomic E-state index is 11.3. The van der Waals surface area contributed by atoms with Gasteiger partial charge in [0.25, 0.3) is 0 Å². The Morgan fingerprint density at radius 2 is 2.10 bits per heavy atom. The highest BCUT2D eigenvalue weighted by atomic mass is 16.5. The molecule has 0 amide bonds. The van der Waals surface area contributed by atoms with Gasteiger partial charge >= 0.3 is 0 Å². The maximum absolute atomic E-state index is 11.3. The van der Waals surface area contributed by atoms with Crippen molar-refractivity contribution in [3.63, 3.8) is 0 Å². The Bertz CT molecular complexity index is 605. The number of aromatic nitrogens is 2. The molecule has 0 saturated heterocycles. The Morgan fingerprint density at radius 3 is 2.75 bits per heavy atom. The molecule has 1 aromatic carbocycles. The molecule has 0 fully saturated rings. The first kappa shape index (κ1) is 14.1. The second-order valence-corrected chi connectivity index (χ2v) is 4.42. The number of nitrogens with zero attached hydrogens (tertiary/aromatic N) is 2. The molecule has 0 atom stereocenters. The lowest BCUT2D eigenvalue weighted by Crippen LogP contribution is -2.04. The molecular weight excluding hydrogens is 254 g/mol. The van der Waals surface area contributed by atoms with Gasteiger partial charge in [0.2, 0.25) is 0 Å². The van der Waals surface area contributed by atoms with E-state index in [1.807, 2.05) is 38.1 Å². The van der Waals surface area contributed by atoms with Gasteiger partial charge in [-0.3, -0.25) is 4.79 Å². The van der Waals surface area contributed by atoms with Crippen LogP contribution in [0.4, 0.5) is 5.82 Å². The zero-order valence-corrected chi connectivity index (χ0v) is 11.8. The third-order valence-electron chi connectivity index (χ3n) is 3.03. The zero-order valence-electron chi connectivity index (χ0n) is 11.8. The minimum atomic E-state index is 0.406. The van der Waals surface area contributed by atoms with Gasteiger partial charge in [0, 0.05) is 12.1 Å². The van der Waals surface area contributed by atoms with Crippen molar-refractivity contribution in [2.24, 2.45) is 0 Å². The lowest BCUT2D eigenvalue weighted by atomic mass is 10.1. The number of nitrogen functional groups attached to an aromatic ring is 1. The van der Waals surface area contributed by atoms with Crippen LogP contribution in [0.2, 0.25) is 0 Å². The van der Waals surface area contributed by atoms with Crippen LogP contribution < -0.4 is 10.5 Å². The largest absolute Gasteiger partial charge is 0.493 e. The van der Waals surface area contributed by atoms with Crippen LogP contribution in [0.5, 0.6) is 5.75 Å². The van der Waals surface area contributed by atoms with E-state index in [0.717, 1.165) is 18.3 Å². The first-order valence-electron chi connectivity index (χ1n) is 6.76. The number of aryl methyl sites for hydroxylation is 1. The summed E-state index contributed by atoms with van der Waals surface area (Å²) in [6.45, 7) is 5.19. The summed E-state index contributed by atoms with van der Waals surface area (Å²) >= 11 is 0. The van der Waals surface area contributed by atoms with Gasteiger partial charge in [0.05, 0.1) is 12.2 Å². The van der Waals surface area contributed by atoms with Crippen molar-refractivity contribution in [2.75, 3.05) is 12.3 Å². The van der Waals surface area contributed by atoms with Gasteiger partial charge in [-0.1, -0.05) is 19.1 Å². The molecule has 2 N–H and O–H groups in total. The quantitative estimate of drug-likeness (QED) is 0.821. The molecule has 0 radical (unpaired) electrons. The van der Waals surface area contributed by atoms with Crippen LogP contribution in [-0.2, 0) is 6.54 Å². The molecule has 5 nitrogen and oxygen atoms in total. The van der Waals surface area contributed by atoms with Crippen LogP contribution in [0, 0.1) is 0 Å². The second kappa shape index (κ2) is 6.23. The van der Waals surface area contributed by atoms with Gasteiger partial charge in [-0.15, -0.1) is 0 Å². The van der Waals surface area contributed by atoms with E-state index in [9.17, 15) is 4.79 Å². The standard InChI is InChI=1S/C15H19N3O2/c1-3-9-18-15(16)12(10-19)14(17-18)11-7-5-6-8-13(11)20-4-2/h5-8,10H,3-4,9,16H2,1-2H3. The molecule has 1 aromatic heterocycles. The van der Waals surface area contributed by atoms with E-state index in [0.29, 0.717) is 36.0 Å². The summed E-state index contributed by atoms with van der Waals surface area (Å²) in [6, 6.07) is 7.53. The second-order valence-electron chi connectivity index (χ2n) is 4.42. The number of nitrogens with two attached hydrogens (primary N) is 1. The van der Waals surface area contributed by atoms with Crippen LogP contribution in [0.3, 0.4) is 0 Å². The highest BCUT2D eigenvalue weighted by molar-refractivity contribution is 5.92. The predicted octanol–water partition coefficient (Wildman–Crippen LogP) is 2.75. The maximum Gasteiger partial charge on any atom is 0.156 e. The van der Waals surface area contributed by atoms with Crippen LogP contribution in [0.1, 0.15) is 30.6 Å². The predicted molar refractivity (Wildman–Crippen MR) is 78.9 cm³/mol. The SMILES string of the molecule is CCCn1nc(-c2ccccc2OCC)c(C=O)c1N. The van der Waals surface area contributed by atoms with Crippen molar-refractivity contribution in [3.8, 4) is 17.0 Å². The Kier molecular flexibility index (Phi) is 4.40. The fourth-order valence-corrected chi connectivity index (χ4v) is 2.13. The lowest BCUT2D eigenvalue weighted by Gasteiger charge is -2.08. The van der Waals surface area contributed by atoms with E-state index in [1.165, 1.54) is 0 Å². The van der Waals surface area contributed by atoms with Gasteiger partial charge < -0.3 is 10.5 Å². The van der Waals surface area contributed by atoms with Crippen molar-refractivity contribution < 1.29 is 9.53 Å². The normalized spacial score (nSPS) is 10.5. The van der Waals surface area contributed by atoms with Gasteiger partial charge in [-0.2, -0.15) is 5.10 Å². The first-order valence-corrected chi connectivity index (χ1v) is 6.76. The van der Waals surface area contributed by atoms with Gasteiger partial charge in [0.1, 0.15) is 17.3 Å². The van der Waals surface area contributed by atoms with E-state index in [4.69, 9.17) is 10.5 Å². The molecule has 2 aromatic rings. The number of carbonyl (C=O) groups excluding carboxylic acids is 1. The van der Waals surface area contributed by atoms with Gasteiger partial charge in [0.15, 0.2) is 6.29 Å². The smallest absolute Gasteiger partial charge is 0.156 e. The van der Waals surface area contributed by atoms with Crippen LogP contribution in [0.25, 0.3) is 11.3 Å². The number of carbonyl (C=O) groups is 1. The fourth-order valence-electron chi connectivity index (χ4n) is 2.13. The van der Waals surface area contributed by atoms with Gasteiger partial charge in [-0.25, -0.2) is 4.68 Å². The summed E-state index contributed by atoms with van der Waals surface area (Å²) < 4.78 is 7.26. The van der Waals surface area contributed by atoms with E-state index in [1.54, 1.807) is 4.68 Å². The summed E-state index contributed by atoms with van der Waals surface area (Å²) in [5.41, 5.74) is 7.78. The molecule has 1 heterocycles. The highest BCUT2D eigenvalue weighted by Crippen LogP contribution is 2.33. The molecule has 5 heteroatoms. The number of ether oxygens (including phenoxy) is 1. The van der Waals surface area contributed by atoms with E-state index >= 15 is 0 Å². The average Bonchev–Trinajstić information content (AvgIpc) is 2.77. The van der Waals surface area contributed by atoms with Crippen molar-refractivity contribution in [1.82, 2.24) is 9.78 Å². The lowest BCUT2D eigenvalue weighted by molar-refractivity contribution is 0.112. The fraction of sp³-hybridized carbons (Fsp3) is 0.333. The molecular formula is C15H19N3O2. The summed E-state index contributed by atoms with van der Waals surface area (Å²) in [4.78, 5) is 11.3. The third kappa shape index (κ3) is 2.52. The number of para-hydroxylation sites is 1. The Hall–Kier alpha value is -2.30. The zero-order chi connectivity index (χ0) is 14.5. The van der Waals surface area contributed by atoms with Gasteiger partial charge in [-0.05, 0) is 25.5 Å². The molecule has 0 spiro atoms. The minimum Gasteiger partial charge on any atom is -0.493 e. The topological polar surface area (TPSA) is 70.1 Å². The van der Waals surface area contributed by atoms with E-state index in [-0.39, 0.29) is 0 Å². The molecule has 0 unspecified atom stereocenters.